The molecule has 0 saturated heterocycles. The minimum atomic E-state index is -3.52. The topological polar surface area (TPSA) is 63.7 Å². The minimum Gasteiger partial charge on any atom is -0.383 e. The number of hydrogen-bond acceptors (Lipinski definition) is 4. The molecular weight excluding hydrogens is 350 g/mol. The number of unbranched alkanes of at least 4 members (excludes halogenated alkanes) is 5. The molecule has 0 N–H and O–H groups in total. The fourth-order valence-electron chi connectivity index (χ4n) is 2.72. The van der Waals surface area contributed by atoms with Crippen LogP contribution in [0.1, 0.15) is 70.8 Å². The van der Waals surface area contributed by atoms with Gasteiger partial charge in [-0.1, -0.05) is 58.1 Å². The SMILES string of the molecule is CCCCCCCC(=O)N(CCCC)Cc1ccc(OS(C)(=O)=O)cc1. The summed E-state index contributed by atoms with van der Waals surface area (Å²) < 4.78 is 27.2. The van der Waals surface area contributed by atoms with E-state index in [0.29, 0.717) is 18.7 Å². The largest absolute Gasteiger partial charge is 0.383 e. The highest BCUT2D eigenvalue weighted by molar-refractivity contribution is 7.86. The van der Waals surface area contributed by atoms with Gasteiger partial charge in [0.05, 0.1) is 6.26 Å². The van der Waals surface area contributed by atoms with Crippen LogP contribution in [0.3, 0.4) is 0 Å². The van der Waals surface area contributed by atoms with Crippen LogP contribution >= 0.6 is 0 Å². The van der Waals surface area contributed by atoms with Crippen molar-refractivity contribution < 1.29 is 17.4 Å². The van der Waals surface area contributed by atoms with E-state index in [4.69, 9.17) is 4.18 Å². The number of hydrogen-bond donors (Lipinski definition) is 0. The zero-order valence-corrected chi connectivity index (χ0v) is 17.2. The Morgan fingerprint density at radius 2 is 1.58 bits per heavy atom. The van der Waals surface area contributed by atoms with E-state index in [1.165, 1.54) is 19.3 Å². The summed E-state index contributed by atoms with van der Waals surface area (Å²) in [4.78, 5) is 14.5. The maximum absolute atomic E-state index is 12.6. The lowest BCUT2D eigenvalue weighted by molar-refractivity contribution is -0.132. The third-order valence-electron chi connectivity index (χ3n) is 4.17. The average molecular weight is 384 g/mol. The average Bonchev–Trinajstić information content (AvgIpc) is 2.58. The van der Waals surface area contributed by atoms with Crippen LogP contribution in [-0.2, 0) is 21.5 Å². The number of nitrogens with zero attached hydrogens (tertiary/aromatic N) is 1. The first-order valence-corrected chi connectivity index (χ1v) is 11.4. The molecule has 1 aromatic carbocycles. The summed E-state index contributed by atoms with van der Waals surface area (Å²) >= 11 is 0. The second-order valence-corrected chi connectivity index (χ2v) is 8.34. The Balaban J connectivity index is 2.61. The predicted octanol–water partition coefficient (Wildman–Crippen LogP) is 4.51. The van der Waals surface area contributed by atoms with Gasteiger partial charge in [-0.2, -0.15) is 8.42 Å². The molecule has 0 aliphatic heterocycles. The molecule has 0 heterocycles. The Kier molecular flexibility index (Phi) is 10.3. The highest BCUT2D eigenvalue weighted by Crippen LogP contribution is 2.16. The van der Waals surface area contributed by atoms with Crippen molar-refractivity contribution in [3.05, 3.63) is 29.8 Å². The molecule has 1 aromatic rings. The predicted molar refractivity (Wildman–Crippen MR) is 106 cm³/mol. The van der Waals surface area contributed by atoms with Crippen molar-refractivity contribution >= 4 is 16.0 Å². The normalized spacial score (nSPS) is 11.3. The van der Waals surface area contributed by atoms with Gasteiger partial charge in [0, 0.05) is 19.5 Å². The van der Waals surface area contributed by atoms with Crippen molar-refractivity contribution in [2.24, 2.45) is 0 Å². The van der Waals surface area contributed by atoms with E-state index in [9.17, 15) is 13.2 Å². The number of benzene rings is 1. The molecule has 0 atom stereocenters. The molecule has 0 radical (unpaired) electrons. The molecule has 0 bridgehead atoms. The van der Waals surface area contributed by atoms with Crippen molar-refractivity contribution in [3.8, 4) is 5.75 Å². The summed E-state index contributed by atoms with van der Waals surface area (Å²) in [5, 5.41) is 0. The van der Waals surface area contributed by atoms with Crippen LogP contribution in [0.25, 0.3) is 0 Å². The van der Waals surface area contributed by atoms with Crippen LogP contribution in [0.2, 0.25) is 0 Å². The highest BCUT2D eigenvalue weighted by Gasteiger charge is 2.13. The zero-order chi connectivity index (χ0) is 19.4. The molecule has 1 rings (SSSR count). The Morgan fingerprint density at radius 1 is 0.962 bits per heavy atom. The molecular formula is C20H33NO4S. The van der Waals surface area contributed by atoms with E-state index in [1.54, 1.807) is 12.1 Å². The molecule has 0 unspecified atom stereocenters. The van der Waals surface area contributed by atoms with Gasteiger partial charge in [-0.05, 0) is 30.5 Å². The standard InChI is InChI=1S/C20H33NO4S/c1-4-6-8-9-10-11-20(22)21(16-7-5-2)17-18-12-14-19(15-13-18)25-26(3,23)24/h12-15H,4-11,16-17H2,1-3H3. The number of carbonyl (C=O) groups excluding carboxylic acids is 1. The Labute approximate surface area is 158 Å². The maximum atomic E-state index is 12.6. The number of carbonyl (C=O) groups is 1. The third-order valence-corrected chi connectivity index (χ3v) is 4.67. The van der Waals surface area contributed by atoms with E-state index in [2.05, 4.69) is 13.8 Å². The van der Waals surface area contributed by atoms with E-state index in [1.807, 2.05) is 17.0 Å². The molecule has 148 valence electrons. The lowest BCUT2D eigenvalue weighted by Gasteiger charge is -2.23. The van der Waals surface area contributed by atoms with E-state index in [0.717, 1.165) is 44.0 Å². The smallest absolute Gasteiger partial charge is 0.306 e. The number of rotatable bonds is 13. The molecule has 5 nitrogen and oxygen atoms in total. The lowest BCUT2D eigenvalue weighted by Crippen LogP contribution is -2.31. The quantitative estimate of drug-likeness (QED) is 0.371. The molecule has 6 heteroatoms. The van der Waals surface area contributed by atoms with Gasteiger partial charge < -0.3 is 9.08 Å². The molecule has 0 aliphatic rings. The van der Waals surface area contributed by atoms with E-state index in [-0.39, 0.29) is 5.91 Å². The van der Waals surface area contributed by atoms with E-state index < -0.39 is 10.1 Å². The first-order valence-electron chi connectivity index (χ1n) is 9.62. The number of amides is 1. The van der Waals surface area contributed by atoms with Crippen molar-refractivity contribution in [2.45, 2.75) is 71.8 Å². The molecule has 0 saturated carbocycles. The fraction of sp³-hybridized carbons (Fsp3) is 0.650. The van der Waals surface area contributed by atoms with Crippen LogP contribution in [-0.4, -0.2) is 32.0 Å². The third kappa shape index (κ3) is 9.80. The van der Waals surface area contributed by atoms with Crippen molar-refractivity contribution in [3.63, 3.8) is 0 Å². The molecule has 0 aliphatic carbocycles. The Bertz CT molecular complexity index is 626. The first kappa shape index (κ1) is 22.5. The van der Waals surface area contributed by atoms with Gasteiger partial charge in [0.25, 0.3) is 0 Å². The Morgan fingerprint density at radius 3 is 2.15 bits per heavy atom. The molecule has 0 aromatic heterocycles. The fourth-order valence-corrected chi connectivity index (χ4v) is 3.19. The monoisotopic (exact) mass is 383 g/mol. The van der Waals surface area contributed by atoms with Crippen LogP contribution in [0, 0.1) is 0 Å². The molecule has 26 heavy (non-hydrogen) atoms. The van der Waals surface area contributed by atoms with Gasteiger partial charge in [-0.25, -0.2) is 0 Å². The van der Waals surface area contributed by atoms with Gasteiger partial charge in [0.15, 0.2) is 0 Å². The van der Waals surface area contributed by atoms with Gasteiger partial charge in [-0.3, -0.25) is 4.79 Å². The first-order chi connectivity index (χ1) is 12.4. The summed E-state index contributed by atoms with van der Waals surface area (Å²) in [5.74, 6) is 0.491. The molecule has 0 fully saturated rings. The Hall–Kier alpha value is -1.56. The minimum absolute atomic E-state index is 0.200. The molecule has 1 amide bonds. The summed E-state index contributed by atoms with van der Waals surface area (Å²) in [6, 6.07) is 6.88. The summed E-state index contributed by atoms with van der Waals surface area (Å²) in [5.41, 5.74) is 0.973. The van der Waals surface area contributed by atoms with Gasteiger partial charge in [0.2, 0.25) is 5.91 Å². The van der Waals surface area contributed by atoms with Gasteiger partial charge in [0.1, 0.15) is 5.75 Å². The van der Waals surface area contributed by atoms with Crippen LogP contribution in [0.5, 0.6) is 5.75 Å². The second kappa shape index (κ2) is 11.9. The highest BCUT2D eigenvalue weighted by atomic mass is 32.2. The van der Waals surface area contributed by atoms with Crippen LogP contribution in [0.4, 0.5) is 0 Å². The van der Waals surface area contributed by atoms with Crippen molar-refractivity contribution in [1.29, 1.82) is 0 Å². The summed E-state index contributed by atoms with van der Waals surface area (Å²) in [7, 11) is -3.52. The zero-order valence-electron chi connectivity index (χ0n) is 16.4. The van der Waals surface area contributed by atoms with Gasteiger partial charge >= 0.3 is 10.1 Å². The lowest BCUT2D eigenvalue weighted by atomic mass is 10.1. The summed E-state index contributed by atoms with van der Waals surface area (Å²) in [6.07, 6.45) is 9.33. The van der Waals surface area contributed by atoms with Crippen LogP contribution < -0.4 is 4.18 Å². The van der Waals surface area contributed by atoms with Gasteiger partial charge in [-0.15, -0.1) is 0 Å². The summed E-state index contributed by atoms with van der Waals surface area (Å²) in [6.45, 7) is 5.60. The maximum Gasteiger partial charge on any atom is 0.306 e. The van der Waals surface area contributed by atoms with Crippen molar-refractivity contribution in [1.82, 2.24) is 4.90 Å². The van der Waals surface area contributed by atoms with Crippen LogP contribution in [0.15, 0.2) is 24.3 Å². The van der Waals surface area contributed by atoms with Crippen molar-refractivity contribution in [2.75, 3.05) is 12.8 Å². The second-order valence-electron chi connectivity index (χ2n) is 6.76. The van der Waals surface area contributed by atoms with E-state index >= 15 is 0 Å². The molecule has 0 spiro atoms.